The summed E-state index contributed by atoms with van der Waals surface area (Å²) in [6.45, 7) is 9.12. The summed E-state index contributed by atoms with van der Waals surface area (Å²) >= 11 is -0.787. The minimum absolute atomic E-state index is 0. The van der Waals surface area contributed by atoms with Crippen LogP contribution in [0.3, 0.4) is 0 Å². The predicted molar refractivity (Wildman–Crippen MR) is 111 cm³/mol. The first-order chi connectivity index (χ1) is 13.0. The Kier molecular flexibility index (Phi) is 6.64. The van der Waals surface area contributed by atoms with Crippen molar-refractivity contribution in [2.75, 3.05) is 0 Å². The third-order valence-electron chi connectivity index (χ3n) is 6.14. The third kappa shape index (κ3) is 3.71. The van der Waals surface area contributed by atoms with Gasteiger partial charge in [0.25, 0.3) is 0 Å². The molecule has 1 unspecified atom stereocenters. The Labute approximate surface area is 198 Å². The number of fused-ring (bicyclic) bond motifs is 4. The van der Waals surface area contributed by atoms with Crippen LogP contribution < -0.4 is 24.8 Å². The SMILES string of the molecule is CC1=Cc2cccc(C)c2[CH]1[Zr+2][CH]1c2cc(C)ccc2-c2ccc(C)cc21.[Cl-].[Cl-]. The molecule has 3 heteroatoms. The minimum atomic E-state index is -0.787. The summed E-state index contributed by atoms with van der Waals surface area (Å²) in [5.41, 5.74) is 15.1. The summed E-state index contributed by atoms with van der Waals surface area (Å²) in [5.74, 6) is 0. The first-order valence-electron chi connectivity index (χ1n) is 9.78. The molecule has 0 aliphatic heterocycles. The Morgan fingerprint density at radius 3 is 1.86 bits per heavy atom. The monoisotopic (exact) mass is 496 g/mol. The fourth-order valence-corrected chi connectivity index (χ4v) is 9.95. The van der Waals surface area contributed by atoms with E-state index in [9.17, 15) is 0 Å². The average molecular weight is 499 g/mol. The molecule has 0 spiro atoms. The second kappa shape index (κ2) is 8.54. The van der Waals surface area contributed by atoms with Crippen LogP contribution in [0.1, 0.15) is 53.1 Å². The molecule has 0 bridgehead atoms. The molecule has 0 saturated carbocycles. The predicted octanol–water partition coefficient (Wildman–Crippen LogP) is 0.930. The Balaban J connectivity index is 0.00000120. The molecule has 5 rings (SSSR count). The van der Waals surface area contributed by atoms with Crippen LogP contribution in [-0.4, -0.2) is 0 Å². The van der Waals surface area contributed by atoms with Gasteiger partial charge in [0, 0.05) is 0 Å². The standard InChI is InChI=1S/C15H13.C11H11.2ClH.Zr/c1-10-3-5-14-12(7-10)9-13-8-11(2)4-6-15(13)14;1-8-6-10-5-3-4-9(2)11(10)7-8;;;/h3-9H,1-2H3;3-7H,1-2H3;2*1H;/q;;;;+2/p-2. The zero-order valence-corrected chi connectivity index (χ0v) is 21.2. The van der Waals surface area contributed by atoms with E-state index in [2.05, 4.69) is 88.4 Å². The maximum atomic E-state index is 2.46. The third-order valence-corrected chi connectivity index (χ3v) is 11.1. The summed E-state index contributed by atoms with van der Waals surface area (Å²) in [4.78, 5) is 0. The second-order valence-corrected chi connectivity index (χ2v) is 11.8. The van der Waals surface area contributed by atoms with Gasteiger partial charge >= 0.3 is 174 Å². The fourth-order valence-electron chi connectivity index (χ4n) is 4.84. The van der Waals surface area contributed by atoms with Gasteiger partial charge in [-0.15, -0.1) is 0 Å². The smallest absolute Gasteiger partial charge is 1.00 e. The minimum Gasteiger partial charge on any atom is -1.00 e. The molecule has 2 aliphatic rings. The van der Waals surface area contributed by atoms with Crippen LogP contribution in [0.2, 0.25) is 0 Å². The van der Waals surface area contributed by atoms with E-state index in [0.717, 1.165) is 0 Å². The molecule has 0 saturated heterocycles. The summed E-state index contributed by atoms with van der Waals surface area (Å²) in [6.07, 6.45) is 2.44. The largest absolute Gasteiger partial charge is 1.00 e. The van der Waals surface area contributed by atoms with Crippen LogP contribution in [0.15, 0.2) is 60.2 Å². The van der Waals surface area contributed by atoms with Crippen molar-refractivity contribution in [1.82, 2.24) is 0 Å². The zero-order chi connectivity index (χ0) is 18.7. The molecular weight excluding hydrogens is 474 g/mol. The van der Waals surface area contributed by atoms with Crippen LogP contribution in [0.25, 0.3) is 17.2 Å². The summed E-state index contributed by atoms with van der Waals surface area (Å²) in [5, 5.41) is 0. The molecular formula is C26H24Cl2Zr. The van der Waals surface area contributed by atoms with E-state index in [1.165, 1.54) is 33.4 Å². The summed E-state index contributed by atoms with van der Waals surface area (Å²) < 4.78 is 1.34. The average Bonchev–Trinajstić information content (AvgIpc) is 3.11. The van der Waals surface area contributed by atoms with Crippen LogP contribution in [0.4, 0.5) is 0 Å². The maximum Gasteiger partial charge on any atom is -1.00 e. The molecule has 146 valence electrons. The van der Waals surface area contributed by atoms with Crippen LogP contribution >= 0.6 is 0 Å². The topological polar surface area (TPSA) is 0 Å². The van der Waals surface area contributed by atoms with Crippen molar-refractivity contribution in [3.05, 3.63) is 99.1 Å². The Morgan fingerprint density at radius 2 is 1.28 bits per heavy atom. The van der Waals surface area contributed by atoms with Gasteiger partial charge in [-0.2, -0.15) is 0 Å². The normalized spacial score (nSPS) is 16.0. The van der Waals surface area contributed by atoms with Gasteiger partial charge in [0.15, 0.2) is 0 Å². The van der Waals surface area contributed by atoms with Crippen LogP contribution in [0, 0.1) is 20.8 Å². The first kappa shape index (κ1) is 22.5. The van der Waals surface area contributed by atoms with E-state index in [0.29, 0.717) is 7.25 Å². The van der Waals surface area contributed by atoms with Gasteiger partial charge in [-0.25, -0.2) is 0 Å². The van der Waals surface area contributed by atoms with Crippen LogP contribution in [0.5, 0.6) is 0 Å². The Hall–Kier alpha value is -1.14. The number of hydrogen-bond donors (Lipinski definition) is 0. The quantitative estimate of drug-likeness (QED) is 0.494. The van der Waals surface area contributed by atoms with Crippen molar-refractivity contribution in [1.29, 1.82) is 0 Å². The number of rotatable bonds is 2. The number of halogens is 2. The Bertz CT molecular complexity index is 1060. The van der Waals surface area contributed by atoms with E-state index < -0.39 is 23.2 Å². The van der Waals surface area contributed by atoms with E-state index in [4.69, 9.17) is 0 Å². The molecule has 0 nitrogen and oxygen atoms in total. The molecule has 0 aromatic heterocycles. The number of hydrogen-bond acceptors (Lipinski definition) is 0. The molecule has 3 aromatic rings. The molecule has 0 fully saturated rings. The summed E-state index contributed by atoms with van der Waals surface area (Å²) in [6, 6.07) is 21.0. The number of allylic oxidation sites excluding steroid dienone is 1. The van der Waals surface area contributed by atoms with E-state index >= 15 is 0 Å². The first-order valence-corrected chi connectivity index (χ1v) is 12.6. The van der Waals surface area contributed by atoms with Crippen molar-refractivity contribution in [3.8, 4) is 11.1 Å². The van der Waals surface area contributed by atoms with Gasteiger partial charge in [-0.05, 0) is 0 Å². The van der Waals surface area contributed by atoms with Crippen molar-refractivity contribution in [2.45, 2.75) is 34.9 Å². The van der Waals surface area contributed by atoms with Gasteiger partial charge in [0.05, 0.1) is 0 Å². The number of aryl methyl sites for hydroxylation is 3. The van der Waals surface area contributed by atoms with E-state index in [-0.39, 0.29) is 24.8 Å². The van der Waals surface area contributed by atoms with Gasteiger partial charge in [-0.3, -0.25) is 0 Å². The molecule has 2 aliphatic carbocycles. The van der Waals surface area contributed by atoms with Crippen molar-refractivity contribution >= 4 is 6.08 Å². The zero-order valence-electron chi connectivity index (χ0n) is 17.2. The molecule has 3 aromatic carbocycles. The van der Waals surface area contributed by atoms with Crippen LogP contribution in [-0.2, 0) is 23.2 Å². The second-order valence-electron chi connectivity index (χ2n) is 8.18. The molecule has 0 radical (unpaired) electrons. The van der Waals surface area contributed by atoms with Crippen molar-refractivity contribution < 1.29 is 48.0 Å². The van der Waals surface area contributed by atoms with Gasteiger partial charge in [-0.1, -0.05) is 0 Å². The van der Waals surface area contributed by atoms with E-state index in [1.54, 1.807) is 22.3 Å². The fraction of sp³-hybridized carbons (Fsp3) is 0.231. The Morgan fingerprint density at radius 1 is 0.690 bits per heavy atom. The van der Waals surface area contributed by atoms with Crippen molar-refractivity contribution in [2.24, 2.45) is 0 Å². The van der Waals surface area contributed by atoms with Gasteiger partial charge in [0.1, 0.15) is 0 Å². The maximum absolute atomic E-state index is 2.46. The molecule has 0 amide bonds. The molecule has 0 heterocycles. The van der Waals surface area contributed by atoms with Gasteiger partial charge in [0.2, 0.25) is 0 Å². The summed E-state index contributed by atoms with van der Waals surface area (Å²) in [7, 11) is 0. The van der Waals surface area contributed by atoms with E-state index in [1.807, 2.05) is 0 Å². The van der Waals surface area contributed by atoms with Gasteiger partial charge < -0.3 is 24.8 Å². The number of benzene rings is 3. The molecule has 29 heavy (non-hydrogen) atoms. The molecule has 0 N–H and O–H groups in total. The van der Waals surface area contributed by atoms with Crippen molar-refractivity contribution in [3.63, 3.8) is 0 Å². The molecule has 1 atom stereocenters.